The monoisotopic (exact) mass is 284 g/mol. The third-order valence-corrected chi connectivity index (χ3v) is 0.605. The summed E-state index contributed by atoms with van der Waals surface area (Å²) in [6.45, 7) is 3.24. The number of carbonyl (C=O) groups is 2. The Hall–Kier alpha value is -0.658. The van der Waals surface area contributed by atoms with Gasteiger partial charge in [0.25, 0.3) is 0 Å². The molecule has 13 heavy (non-hydrogen) atoms. The van der Waals surface area contributed by atoms with Gasteiger partial charge in [-0.2, -0.15) is 0 Å². The van der Waals surface area contributed by atoms with E-state index in [2.05, 4.69) is 0 Å². The molecule has 0 aliphatic rings. The fourth-order valence-corrected chi connectivity index (χ4v) is 0.272. The van der Waals surface area contributed by atoms with Gasteiger partial charge in [0.05, 0.1) is 11.9 Å². The van der Waals surface area contributed by atoms with Crippen molar-refractivity contribution < 1.29 is 47.1 Å². The molecule has 0 bridgehead atoms. The van der Waals surface area contributed by atoms with Crippen LogP contribution in [0.5, 0.6) is 0 Å². The summed E-state index contributed by atoms with van der Waals surface area (Å²) >= 11 is 0. The maximum Gasteiger partial charge on any atom is 2.00 e. The number of hydrogen-bond donors (Lipinski definition) is 0. The maximum atomic E-state index is 9.40. The van der Waals surface area contributed by atoms with Crippen LogP contribution >= 0.6 is 0 Å². The number of carboxylic acids is 2. The Morgan fingerprint density at radius 3 is 1.15 bits per heavy atom. The molecule has 0 N–H and O–H groups in total. The van der Waals surface area contributed by atoms with Gasteiger partial charge >= 0.3 is 27.3 Å². The van der Waals surface area contributed by atoms with Crippen LogP contribution in [-0.2, 0) is 36.9 Å². The first-order chi connectivity index (χ1) is 5.54. The van der Waals surface area contributed by atoms with Gasteiger partial charge in [0.15, 0.2) is 0 Å². The van der Waals surface area contributed by atoms with Crippen molar-refractivity contribution in [3.05, 3.63) is 24.3 Å². The number of carbonyl (C=O) groups excluding carboxylic acids is 2. The van der Waals surface area contributed by atoms with Crippen LogP contribution in [0.25, 0.3) is 0 Å². The van der Waals surface area contributed by atoms with Gasteiger partial charge < -0.3 is 19.8 Å². The Labute approximate surface area is 97.1 Å². The van der Waals surface area contributed by atoms with Crippen LogP contribution in [0.1, 0.15) is 13.8 Å². The molecule has 5 heteroatoms. The van der Waals surface area contributed by atoms with E-state index in [0.29, 0.717) is 0 Å². The second-order valence-electron chi connectivity index (χ2n) is 1.64. The predicted octanol–water partition coefficient (Wildman–Crippen LogP) is -1.38. The Kier molecular flexibility index (Phi) is 19.5. The van der Waals surface area contributed by atoms with Gasteiger partial charge in [-0.1, -0.05) is 12.2 Å². The molecule has 0 aromatic rings. The first kappa shape index (κ1) is 18.2. The smallest absolute Gasteiger partial charge is 0.545 e. The average molecular weight is 283 g/mol. The SMILES string of the molecule is C/C=C/C(=O)[O-].C/C=C/C(=O)[O-].[Cd+2]. The molecule has 0 fully saturated rings. The number of aliphatic carboxylic acids is 2. The largest absolute Gasteiger partial charge is 2.00 e. The van der Waals surface area contributed by atoms with Crippen molar-refractivity contribution in [2.45, 2.75) is 13.8 Å². The van der Waals surface area contributed by atoms with Gasteiger partial charge in [-0.05, 0) is 26.0 Å². The van der Waals surface area contributed by atoms with E-state index in [1.54, 1.807) is 13.8 Å². The third-order valence-electron chi connectivity index (χ3n) is 0.605. The maximum absolute atomic E-state index is 9.40. The Morgan fingerprint density at radius 1 is 0.923 bits per heavy atom. The molecule has 0 saturated carbocycles. The second kappa shape index (κ2) is 13.9. The van der Waals surface area contributed by atoms with E-state index < -0.39 is 11.9 Å². The predicted molar refractivity (Wildman–Crippen MR) is 39.6 cm³/mol. The molecule has 0 radical (unpaired) electrons. The van der Waals surface area contributed by atoms with Crippen molar-refractivity contribution in [2.75, 3.05) is 0 Å². The zero-order valence-electron chi connectivity index (χ0n) is 7.65. The molecular formula is C8H10CdO4. The molecule has 4 nitrogen and oxygen atoms in total. The molecule has 0 unspecified atom stereocenters. The molecule has 0 aromatic heterocycles. The quantitative estimate of drug-likeness (QED) is 0.462. The van der Waals surface area contributed by atoms with Gasteiger partial charge in [-0.25, -0.2) is 0 Å². The zero-order valence-corrected chi connectivity index (χ0v) is 11.7. The molecule has 0 rings (SSSR count). The van der Waals surface area contributed by atoms with Crippen molar-refractivity contribution in [3.63, 3.8) is 0 Å². The minimum atomic E-state index is -1.14. The van der Waals surface area contributed by atoms with Crippen molar-refractivity contribution in [3.8, 4) is 0 Å². The molecule has 0 atom stereocenters. The first-order valence-electron chi connectivity index (χ1n) is 3.22. The van der Waals surface area contributed by atoms with Crippen LogP contribution in [0.3, 0.4) is 0 Å². The molecule has 0 aromatic carbocycles. The summed E-state index contributed by atoms with van der Waals surface area (Å²) in [6.07, 6.45) is 4.77. The fraction of sp³-hybridized carbons (Fsp3) is 0.250. The summed E-state index contributed by atoms with van der Waals surface area (Å²) in [5.74, 6) is -2.28. The summed E-state index contributed by atoms with van der Waals surface area (Å²) in [6, 6.07) is 0. The third kappa shape index (κ3) is 34.7. The fourth-order valence-electron chi connectivity index (χ4n) is 0.272. The van der Waals surface area contributed by atoms with E-state index in [9.17, 15) is 19.8 Å². The van der Waals surface area contributed by atoms with Crippen molar-refractivity contribution >= 4 is 11.9 Å². The van der Waals surface area contributed by atoms with E-state index in [4.69, 9.17) is 0 Å². The molecule has 0 spiro atoms. The summed E-state index contributed by atoms with van der Waals surface area (Å²) in [4.78, 5) is 18.8. The molecule has 68 valence electrons. The van der Waals surface area contributed by atoms with Crippen LogP contribution in [0.15, 0.2) is 24.3 Å². The Bertz CT molecular complexity index is 174. The van der Waals surface area contributed by atoms with Crippen molar-refractivity contribution in [1.29, 1.82) is 0 Å². The standard InChI is InChI=1S/2C4H6O2.Cd/c2*1-2-3-4(5)6;/h2*2-3H,1H3,(H,5,6);/q;;+2/p-2/b2*3-2+;. The topological polar surface area (TPSA) is 80.3 Å². The summed E-state index contributed by atoms with van der Waals surface area (Å²) < 4.78 is 0. The molecule has 0 amide bonds. The Balaban J connectivity index is -0.000000143. The van der Waals surface area contributed by atoms with Gasteiger partial charge in [-0.3, -0.25) is 0 Å². The van der Waals surface area contributed by atoms with Crippen LogP contribution in [-0.4, -0.2) is 11.9 Å². The second-order valence-corrected chi connectivity index (χ2v) is 1.64. The average Bonchev–Trinajstić information content (AvgIpc) is 1.87. The molecule has 0 saturated heterocycles. The Morgan fingerprint density at radius 2 is 1.15 bits per heavy atom. The van der Waals surface area contributed by atoms with Gasteiger partial charge in [0.2, 0.25) is 0 Å². The number of carboxylic acid groups (broad SMARTS) is 2. The summed E-state index contributed by atoms with van der Waals surface area (Å²) in [5.41, 5.74) is 0. The molecule has 0 aliphatic heterocycles. The van der Waals surface area contributed by atoms with Crippen molar-refractivity contribution in [2.24, 2.45) is 0 Å². The van der Waals surface area contributed by atoms with E-state index in [-0.39, 0.29) is 27.3 Å². The van der Waals surface area contributed by atoms with Crippen LogP contribution in [0.4, 0.5) is 0 Å². The van der Waals surface area contributed by atoms with Crippen LogP contribution in [0, 0.1) is 0 Å². The number of rotatable bonds is 2. The minimum absolute atomic E-state index is 0. The van der Waals surface area contributed by atoms with E-state index in [0.717, 1.165) is 12.2 Å². The summed E-state index contributed by atoms with van der Waals surface area (Å²) in [7, 11) is 0. The first-order valence-corrected chi connectivity index (χ1v) is 3.22. The zero-order chi connectivity index (χ0) is 9.98. The van der Waals surface area contributed by atoms with Gasteiger partial charge in [0.1, 0.15) is 0 Å². The van der Waals surface area contributed by atoms with E-state index >= 15 is 0 Å². The van der Waals surface area contributed by atoms with Crippen molar-refractivity contribution in [1.82, 2.24) is 0 Å². The molecule has 0 aliphatic carbocycles. The van der Waals surface area contributed by atoms with Gasteiger partial charge in [0, 0.05) is 0 Å². The number of allylic oxidation sites excluding steroid dienone is 2. The van der Waals surface area contributed by atoms with E-state index in [1.807, 2.05) is 0 Å². The van der Waals surface area contributed by atoms with E-state index in [1.165, 1.54) is 12.2 Å². The summed E-state index contributed by atoms with van der Waals surface area (Å²) in [5, 5.41) is 18.8. The van der Waals surface area contributed by atoms with Crippen LogP contribution < -0.4 is 10.2 Å². The minimum Gasteiger partial charge on any atom is -0.545 e. The number of hydrogen-bond acceptors (Lipinski definition) is 4. The normalized spacial score (nSPS) is 8.77. The molecular weight excluding hydrogens is 272 g/mol. The molecule has 0 heterocycles. The van der Waals surface area contributed by atoms with Crippen LogP contribution in [0.2, 0.25) is 0 Å². The van der Waals surface area contributed by atoms with Gasteiger partial charge in [-0.15, -0.1) is 0 Å².